The van der Waals surface area contributed by atoms with Gasteiger partial charge in [-0.25, -0.2) is 0 Å². The molecule has 1 aromatic carbocycles. The molecule has 0 saturated heterocycles. The van der Waals surface area contributed by atoms with Gasteiger partial charge >= 0.3 is 5.97 Å². The third-order valence-corrected chi connectivity index (χ3v) is 2.99. The normalized spacial score (nSPS) is 9.94. The summed E-state index contributed by atoms with van der Waals surface area (Å²) in [7, 11) is 1.30. The van der Waals surface area contributed by atoms with E-state index in [-0.39, 0.29) is 31.3 Å². The SMILES string of the molecule is COC(=O)CCNC(=O)Cc1c(Cl)cccc1Cl. The monoisotopic (exact) mass is 289 g/mol. The lowest BCUT2D eigenvalue weighted by Gasteiger charge is -2.07. The number of rotatable bonds is 5. The minimum atomic E-state index is -0.369. The molecule has 18 heavy (non-hydrogen) atoms. The van der Waals surface area contributed by atoms with Crippen LogP contribution < -0.4 is 5.32 Å². The maximum absolute atomic E-state index is 11.6. The van der Waals surface area contributed by atoms with Gasteiger partial charge in [0.1, 0.15) is 0 Å². The number of hydrogen-bond acceptors (Lipinski definition) is 3. The molecule has 0 unspecified atom stereocenters. The molecule has 0 aliphatic carbocycles. The average Bonchev–Trinajstić information content (AvgIpc) is 2.34. The summed E-state index contributed by atoms with van der Waals surface area (Å²) in [6.45, 7) is 0.230. The molecule has 0 atom stereocenters. The molecule has 0 saturated carbocycles. The Morgan fingerprint density at radius 2 is 1.89 bits per heavy atom. The van der Waals surface area contributed by atoms with Gasteiger partial charge in [0.05, 0.1) is 20.0 Å². The first kappa shape index (κ1) is 14.8. The van der Waals surface area contributed by atoms with Crippen LogP contribution in [0.1, 0.15) is 12.0 Å². The van der Waals surface area contributed by atoms with Gasteiger partial charge in [-0.15, -0.1) is 0 Å². The quantitative estimate of drug-likeness (QED) is 0.846. The Bertz CT molecular complexity index is 429. The molecule has 0 aliphatic heterocycles. The lowest BCUT2D eigenvalue weighted by atomic mass is 10.1. The topological polar surface area (TPSA) is 55.4 Å². The number of esters is 1. The molecule has 1 rings (SSSR count). The predicted molar refractivity (Wildman–Crippen MR) is 69.8 cm³/mol. The van der Waals surface area contributed by atoms with Crippen LogP contribution in [0.3, 0.4) is 0 Å². The largest absolute Gasteiger partial charge is 0.469 e. The molecular formula is C12H13Cl2NO3. The van der Waals surface area contributed by atoms with E-state index < -0.39 is 0 Å². The molecule has 0 heterocycles. The van der Waals surface area contributed by atoms with Crippen molar-refractivity contribution in [1.82, 2.24) is 5.32 Å². The highest BCUT2D eigenvalue weighted by Gasteiger charge is 2.10. The summed E-state index contributed by atoms with van der Waals surface area (Å²) in [5.41, 5.74) is 0.580. The molecule has 98 valence electrons. The second-order valence-corrected chi connectivity index (χ2v) is 4.37. The molecule has 1 aromatic rings. The van der Waals surface area contributed by atoms with Crippen molar-refractivity contribution in [3.63, 3.8) is 0 Å². The number of amides is 1. The number of benzene rings is 1. The minimum Gasteiger partial charge on any atom is -0.469 e. The summed E-state index contributed by atoms with van der Waals surface area (Å²) < 4.78 is 4.46. The molecule has 1 amide bonds. The Morgan fingerprint density at radius 3 is 2.44 bits per heavy atom. The van der Waals surface area contributed by atoms with Crippen molar-refractivity contribution in [3.05, 3.63) is 33.8 Å². The molecule has 0 fully saturated rings. The molecule has 4 nitrogen and oxygen atoms in total. The standard InChI is InChI=1S/C12H13Cl2NO3/c1-18-12(17)5-6-15-11(16)7-8-9(13)3-2-4-10(8)14/h2-4H,5-7H2,1H3,(H,15,16). The van der Waals surface area contributed by atoms with Crippen LogP contribution in [-0.4, -0.2) is 25.5 Å². The van der Waals surface area contributed by atoms with E-state index in [9.17, 15) is 9.59 Å². The van der Waals surface area contributed by atoms with E-state index in [2.05, 4.69) is 10.1 Å². The van der Waals surface area contributed by atoms with Crippen LogP contribution in [0.2, 0.25) is 10.0 Å². The smallest absolute Gasteiger partial charge is 0.307 e. The van der Waals surface area contributed by atoms with Crippen molar-refractivity contribution in [2.75, 3.05) is 13.7 Å². The van der Waals surface area contributed by atoms with E-state index in [4.69, 9.17) is 23.2 Å². The zero-order chi connectivity index (χ0) is 13.5. The van der Waals surface area contributed by atoms with Gasteiger partial charge in [0.2, 0.25) is 5.91 Å². The molecule has 0 aromatic heterocycles. The average molecular weight is 290 g/mol. The minimum absolute atomic E-state index is 0.0830. The molecular weight excluding hydrogens is 277 g/mol. The van der Waals surface area contributed by atoms with Gasteiger partial charge < -0.3 is 10.1 Å². The third kappa shape index (κ3) is 4.55. The van der Waals surface area contributed by atoms with Gasteiger partial charge in [0.25, 0.3) is 0 Å². The van der Waals surface area contributed by atoms with Crippen LogP contribution in [0.25, 0.3) is 0 Å². The molecule has 0 bridgehead atoms. The summed E-state index contributed by atoms with van der Waals surface area (Å²) in [6, 6.07) is 5.05. The molecule has 0 aliphatic rings. The Balaban J connectivity index is 2.47. The predicted octanol–water partition coefficient (Wildman–Crippen LogP) is 2.22. The number of methoxy groups -OCH3 is 1. The van der Waals surface area contributed by atoms with Crippen LogP contribution >= 0.6 is 23.2 Å². The van der Waals surface area contributed by atoms with Crippen molar-refractivity contribution in [3.8, 4) is 0 Å². The van der Waals surface area contributed by atoms with Gasteiger partial charge in [-0.3, -0.25) is 9.59 Å². The fourth-order valence-electron chi connectivity index (χ4n) is 1.33. The van der Waals surface area contributed by atoms with Crippen LogP contribution in [0.15, 0.2) is 18.2 Å². The van der Waals surface area contributed by atoms with E-state index in [1.165, 1.54) is 7.11 Å². The maximum Gasteiger partial charge on any atom is 0.307 e. The van der Waals surface area contributed by atoms with Crippen LogP contribution in [0, 0.1) is 0 Å². The van der Waals surface area contributed by atoms with Gasteiger partial charge in [-0.05, 0) is 17.7 Å². The van der Waals surface area contributed by atoms with Crippen molar-refractivity contribution in [2.45, 2.75) is 12.8 Å². The molecule has 1 N–H and O–H groups in total. The third-order valence-electron chi connectivity index (χ3n) is 2.28. The first-order valence-electron chi connectivity index (χ1n) is 5.31. The van der Waals surface area contributed by atoms with Gasteiger partial charge in [0, 0.05) is 16.6 Å². The van der Waals surface area contributed by atoms with E-state index in [1.54, 1.807) is 18.2 Å². The van der Waals surface area contributed by atoms with Gasteiger partial charge in [0.15, 0.2) is 0 Å². The van der Waals surface area contributed by atoms with Crippen molar-refractivity contribution in [2.24, 2.45) is 0 Å². The Hall–Kier alpha value is -1.26. The van der Waals surface area contributed by atoms with Crippen LogP contribution in [0.4, 0.5) is 0 Å². The molecule has 0 spiro atoms. The van der Waals surface area contributed by atoms with E-state index >= 15 is 0 Å². The van der Waals surface area contributed by atoms with Gasteiger partial charge in [-0.2, -0.15) is 0 Å². The highest BCUT2D eigenvalue weighted by molar-refractivity contribution is 6.36. The van der Waals surface area contributed by atoms with Gasteiger partial charge in [-0.1, -0.05) is 29.3 Å². The second-order valence-electron chi connectivity index (χ2n) is 3.55. The van der Waals surface area contributed by atoms with E-state index in [0.29, 0.717) is 15.6 Å². The summed E-state index contributed by atoms with van der Waals surface area (Å²) >= 11 is 11.9. The molecule has 6 heteroatoms. The number of nitrogens with one attached hydrogen (secondary N) is 1. The summed E-state index contributed by atoms with van der Waals surface area (Å²) in [5, 5.41) is 3.49. The fourth-order valence-corrected chi connectivity index (χ4v) is 1.86. The first-order valence-corrected chi connectivity index (χ1v) is 6.06. The Kier molecular flexibility index (Phi) is 5.95. The summed E-state index contributed by atoms with van der Waals surface area (Å²) in [6.07, 6.45) is 0.220. The fraction of sp³-hybridized carbons (Fsp3) is 0.333. The van der Waals surface area contributed by atoms with Crippen molar-refractivity contribution in [1.29, 1.82) is 0 Å². The molecule has 0 radical (unpaired) electrons. The van der Waals surface area contributed by atoms with Crippen LogP contribution in [0.5, 0.6) is 0 Å². The first-order chi connectivity index (χ1) is 8.54. The van der Waals surface area contributed by atoms with E-state index in [1.807, 2.05) is 0 Å². The summed E-state index contributed by atoms with van der Waals surface area (Å²) in [5.74, 6) is -0.611. The number of ether oxygens (including phenoxy) is 1. The number of hydrogen-bond donors (Lipinski definition) is 1. The Morgan fingerprint density at radius 1 is 1.28 bits per heavy atom. The number of carbonyl (C=O) groups is 2. The zero-order valence-electron chi connectivity index (χ0n) is 9.83. The van der Waals surface area contributed by atoms with Crippen LogP contribution in [-0.2, 0) is 20.7 Å². The van der Waals surface area contributed by atoms with E-state index in [0.717, 1.165) is 0 Å². The highest BCUT2D eigenvalue weighted by atomic mass is 35.5. The number of carbonyl (C=O) groups excluding carboxylic acids is 2. The lowest BCUT2D eigenvalue weighted by molar-refractivity contribution is -0.140. The zero-order valence-corrected chi connectivity index (χ0v) is 11.3. The number of halogens is 2. The maximum atomic E-state index is 11.6. The Labute approximate surface area is 115 Å². The lowest BCUT2D eigenvalue weighted by Crippen LogP contribution is -2.27. The second kappa shape index (κ2) is 7.24. The van der Waals surface area contributed by atoms with Crippen molar-refractivity contribution < 1.29 is 14.3 Å². The summed E-state index contributed by atoms with van der Waals surface area (Å²) in [4.78, 5) is 22.5. The highest BCUT2D eigenvalue weighted by Crippen LogP contribution is 2.24. The van der Waals surface area contributed by atoms with Crippen molar-refractivity contribution >= 4 is 35.1 Å².